The van der Waals surface area contributed by atoms with Gasteiger partial charge in [0.2, 0.25) is 0 Å². The second-order valence-electron chi connectivity index (χ2n) is 6.02. The van der Waals surface area contributed by atoms with Crippen LogP contribution in [0.2, 0.25) is 0 Å². The molecule has 1 aromatic carbocycles. The molecule has 5 nitrogen and oxygen atoms in total. The fourth-order valence-corrected chi connectivity index (χ4v) is 3.14. The number of pyridine rings is 2. The van der Waals surface area contributed by atoms with Crippen molar-refractivity contribution in [1.82, 2.24) is 9.97 Å². The summed E-state index contributed by atoms with van der Waals surface area (Å²) in [5.74, 6) is -0.298. The molecule has 3 aromatic rings. The monoisotopic (exact) mass is 347 g/mol. The van der Waals surface area contributed by atoms with Gasteiger partial charge in [0, 0.05) is 34.8 Å². The molecule has 0 spiro atoms. The van der Waals surface area contributed by atoms with Crippen molar-refractivity contribution in [2.75, 3.05) is 0 Å². The van der Waals surface area contributed by atoms with E-state index < -0.39 is 5.91 Å². The summed E-state index contributed by atoms with van der Waals surface area (Å²) < 4.78 is 0. The summed E-state index contributed by atoms with van der Waals surface area (Å²) in [4.78, 5) is 20.3. The van der Waals surface area contributed by atoms with Crippen molar-refractivity contribution in [1.29, 1.82) is 0 Å². The Bertz CT molecular complexity index is 950. The predicted molar refractivity (Wildman–Crippen MR) is 102 cm³/mol. The molecule has 2 aromatic heterocycles. The molecule has 0 radical (unpaired) electrons. The number of nitrogens with two attached hydrogens (primary N) is 1. The standard InChI is InChI=1S/C21H21N3O2/c1-3-15-17(13-5-7-14(25)8-6-13)11-23-12-18(15)16-9-10-20(21(22)26)24-19(16)4-2/h5-12,25H,3-4H2,1-2H3,(H2,22,26). The molecule has 0 saturated heterocycles. The predicted octanol–water partition coefficient (Wildman–Crippen LogP) is 3.74. The number of carbonyl (C=O) groups is 1. The summed E-state index contributed by atoms with van der Waals surface area (Å²) in [6, 6.07) is 10.6. The van der Waals surface area contributed by atoms with Crippen molar-refractivity contribution in [2.24, 2.45) is 5.73 Å². The Morgan fingerprint density at radius 2 is 1.65 bits per heavy atom. The average Bonchev–Trinajstić information content (AvgIpc) is 2.67. The van der Waals surface area contributed by atoms with Gasteiger partial charge in [0.05, 0.1) is 0 Å². The van der Waals surface area contributed by atoms with Gasteiger partial charge in [-0.3, -0.25) is 9.78 Å². The van der Waals surface area contributed by atoms with Crippen LogP contribution in [0.4, 0.5) is 0 Å². The van der Waals surface area contributed by atoms with Gasteiger partial charge >= 0.3 is 0 Å². The number of rotatable bonds is 5. The van der Waals surface area contributed by atoms with Crippen LogP contribution >= 0.6 is 0 Å². The van der Waals surface area contributed by atoms with Crippen molar-refractivity contribution in [3.63, 3.8) is 0 Å². The molecule has 132 valence electrons. The van der Waals surface area contributed by atoms with Gasteiger partial charge in [-0.15, -0.1) is 0 Å². The average molecular weight is 347 g/mol. The fourth-order valence-electron chi connectivity index (χ4n) is 3.14. The topological polar surface area (TPSA) is 89.1 Å². The largest absolute Gasteiger partial charge is 0.508 e. The number of aromatic hydroxyl groups is 1. The molecule has 0 fully saturated rings. The lowest BCUT2D eigenvalue weighted by Gasteiger charge is -2.16. The van der Waals surface area contributed by atoms with Crippen LogP contribution in [-0.2, 0) is 12.8 Å². The second-order valence-corrected chi connectivity index (χ2v) is 6.02. The highest BCUT2D eigenvalue weighted by atomic mass is 16.3. The number of phenols is 1. The quantitative estimate of drug-likeness (QED) is 0.736. The summed E-state index contributed by atoms with van der Waals surface area (Å²) in [6.07, 6.45) is 5.17. The molecular weight excluding hydrogens is 326 g/mol. The molecule has 1 amide bonds. The first-order valence-electron chi connectivity index (χ1n) is 8.61. The fraction of sp³-hybridized carbons (Fsp3) is 0.190. The Hall–Kier alpha value is -3.21. The highest BCUT2D eigenvalue weighted by molar-refractivity contribution is 5.91. The van der Waals surface area contributed by atoms with Crippen LogP contribution in [0.1, 0.15) is 35.6 Å². The molecule has 3 N–H and O–H groups in total. The van der Waals surface area contributed by atoms with Gasteiger partial charge in [0.15, 0.2) is 0 Å². The Kier molecular flexibility index (Phi) is 4.98. The summed E-state index contributed by atoms with van der Waals surface area (Å²) in [6.45, 7) is 4.10. The number of nitrogens with zero attached hydrogens (tertiary/aromatic N) is 2. The van der Waals surface area contributed by atoms with Crippen molar-refractivity contribution >= 4 is 5.91 Å². The zero-order chi connectivity index (χ0) is 18.7. The zero-order valence-corrected chi connectivity index (χ0v) is 14.9. The zero-order valence-electron chi connectivity index (χ0n) is 14.9. The van der Waals surface area contributed by atoms with E-state index >= 15 is 0 Å². The molecule has 0 atom stereocenters. The van der Waals surface area contributed by atoms with E-state index in [0.29, 0.717) is 6.42 Å². The third-order valence-corrected chi connectivity index (χ3v) is 4.44. The SMILES string of the molecule is CCc1nc(C(N)=O)ccc1-c1cncc(-c2ccc(O)cc2)c1CC. The summed E-state index contributed by atoms with van der Waals surface area (Å²) in [7, 11) is 0. The minimum absolute atomic E-state index is 0.232. The maximum Gasteiger partial charge on any atom is 0.267 e. The molecular formula is C21H21N3O2. The molecule has 0 aliphatic heterocycles. The van der Waals surface area contributed by atoms with Crippen LogP contribution in [-0.4, -0.2) is 21.0 Å². The third kappa shape index (κ3) is 3.28. The van der Waals surface area contributed by atoms with Gasteiger partial charge < -0.3 is 10.8 Å². The Balaban J connectivity index is 2.19. The highest BCUT2D eigenvalue weighted by Gasteiger charge is 2.15. The van der Waals surface area contributed by atoms with E-state index in [9.17, 15) is 9.90 Å². The number of aromatic nitrogens is 2. The van der Waals surface area contributed by atoms with Crippen LogP contribution in [0.25, 0.3) is 22.3 Å². The number of benzene rings is 1. The van der Waals surface area contributed by atoms with E-state index in [4.69, 9.17) is 5.73 Å². The minimum atomic E-state index is -0.530. The number of primary amides is 1. The molecule has 3 rings (SSSR count). The maximum atomic E-state index is 11.4. The molecule has 2 heterocycles. The Morgan fingerprint density at radius 1 is 0.962 bits per heavy atom. The molecule has 0 unspecified atom stereocenters. The molecule has 0 saturated carbocycles. The van der Waals surface area contributed by atoms with Gasteiger partial charge in [-0.1, -0.05) is 32.0 Å². The third-order valence-electron chi connectivity index (χ3n) is 4.44. The molecule has 0 bridgehead atoms. The van der Waals surface area contributed by atoms with Crippen LogP contribution in [0.3, 0.4) is 0 Å². The van der Waals surface area contributed by atoms with Crippen molar-refractivity contribution in [3.8, 4) is 28.0 Å². The lowest BCUT2D eigenvalue weighted by molar-refractivity contribution is 0.0995. The summed E-state index contributed by atoms with van der Waals surface area (Å²) in [5.41, 5.74) is 11.6. The highest BCUT2D eigenvalue weighted by Crippen LogP contribution is 2.34. The second kappa shape index (κ2) is 7.35. The first kappa shape index (κ1) is 17.6. The Labute approximate surface area is 152 Å². The van der Waals surface area contributed by atoms with Crippen molar-refractivity contribution < 1.29 is 9.90 Å². The van der Waals surface area contributed by atoms with E-state index in [2.05, 4.69) is 16.9 Å². The van der Waals surface area contributed by atoms with Crippen LogP contribution in [0, 0.1) is 0 Å². The van der Waals surface area contributed by atoms with Crippen molar-refractivity contribution in [3.05, 3.63) is 65.7 Å². The Morgan fingerprint density at radius 3 is 2.27 bits per heavy atom. The van der Waals surface area contributed by atoms with Crippen molar-refractivity contribution in [2.45, 2.75) is 26.7 Å². The van der Waals surface area contributed by atoms with E-state index in [1.165, 1.54) is 0 Å². The lowest BCUT2D eigenvalue weighted by atomic mass is 9.91. The smallest absolute Gasteiger partial charge is 0.267 e. The first-order valence-corrected chi connectivity index (χ1v) is 8.61. The number of amides is 1. The number of hydrogen-bond donors (Lipinski definition) is 2. The van der Waals surface area contributed by atoms with E-state index in [0.717, 1.165) is 39.9 Å². The number of hydrogen-bond acceptors (Lipinski definition) is 4. The van der Waals surface area contributed by atoms with E-state index in [1.807, 2.05) is 37.5 Å². The van der Waals surface area contributed by atoms with Gasteiger partial charge in [-0.05, 0) is 42.2 Å². The summed E-state index contributed by atoms with van der Waals surface area (Å²) >= 11 is 0. The van der Waals surface area contributed by atoms with Gasteiger partial charge in [0.1, 0.15) is 11.4 Å². The lowest BCUT2D eigenvalue weighted by Crippen LogP contribution is -2.14. The van der Waals surface area contributed by atoms with Gasteiger partial charge in [-0.25, -0.2) is 4.98 Å². The number of aryl methyl sites for hydroxylation is 1. The number of phenolic OH excluding ortho intramolecular Hbond substituents is 1. The number of carbonyl (C=O) groups excluding carboxylic acids is 1. The van der Waals surface area contributed by atoms with Gasteiger partial charge in [0.25, 0.3) is 5.91 Å². The molecule has 26 heavy (non-hydrogen) atoms. The van der Waals surface area contributed by atoms with Crippen LogP contribution < -0.4 is 5.73 Å². The summed E-state index contributed by atoms with van der Waals surface area (Å²) in [5, 5.41) is 9.54. The molecule has 0 aliphatic carbocycles. The maximum absolute atomic E-state index is 11.4. The molecule has 0 aliphatic rings. The van der Waals surface area contributed by atoms with E-state index in [-0.39, 0.29) is 11.4 Å². The van der Waals surface area contributed by atoms with E-state index in [1.54, 1.807) is 18.2 Å². The first-order chi connectivity index (χ1) is 12.5. The van der Waals surface area contributed by atoms with Crippen LogP contribution in [0.5, 0.6) is 5.75 Å². The normalized spacial score (nSPS) is 10.7. The molecule has 5 heteroatoms. The van der Waals surface area contributed by atoms with Crippen LogP contribution in [0.15, 0.2) is 48.8 Å². The van der Waals surface area contributed by atoms with Gasteiger partial charge in [-0.2, -0.15) is 0 Å². The minimum Gasteiger partial charge on any atom is -0.508 e.